The molecule has 0 aliphatic heterocycles. The molecule has 0 unspecified atom stereocenters. The first-order valence-corrected chi connectivity index (χ1v) is 6.94. The van der Waals surface area contributed by atoms with Crippen molar-refractivity contribution in [1.82, 2.24) is 0 Å². The Hall–Kier alpha value is -1.98. The molecular formula is C17H16F6. The van der Waals surface area contributed by atoms with Crippen LogP contribution in [0.4, 0.5) is 26.3 Å². The lowest BCUT2D eigenvalue weighted by molar-refractivity contribution is -0.143. The molecule has 0 saturated heterocycles. The van der Waals surface area contributed by atoms with Gasteiger partial charge in [0.1, 0.15) is 0 Å². The van der Waals surface area contributed by atoms with E-state index in [-0.39, 0.29) is 11.6 Å². The second-order valence-corrected chi connectivity index (χ2v) is 4.66. The summed E-state index contributed by atoms with van der Waals surface area (Å²) in [5.74, 6) is 0. The highest BCUT2D eigenvalue weighted by Crippen LogP contribution is 2.38. The quantitative estimate of drug-likeness (QED) is 0.507. The average Bonchev–Trinajstić information content (AvgIpc) is 2.48. The molecule has 0 heterocycles. The summed E-state index contributed by atoms with van der Waals surface area (Å²) in [6.07, 6.45) is -9.67. The van der Waals surface area contributed by atoms with Crippen LogP contribution in [0.15, 0.2) is 42.5 Å². The summed E-state index contributed by atoms with van der Waals surface area (Å²) >= 11 is 0. The second kappa shape index (κ2) is 7.06. The van der Waals surface area contributed by atoms with Crippen molar-refractivity contribution in [3.8, 4) is 11.1 Å². The van der Waals surface area contributed by atoms with Crippen LogP contribution in [0, 0.1) is 6.92 Å². The van der Waals surface area contributed by atoms with Crippen molar-refractivity contribution in [3.05, 3.63) is 59.2 Å². The molecule has 2 rings (SSSR count). The summed E-state index contributed by atoms with van der Waals surface area (Å²) in [6, 6.07) is 7.80. The Morgan fingerprint density at radius 2 is 1.00 bits per heavy atom. The molecule has 0 aliphatic rings. The Morgan fingerprint density at radius 1 is 0.609 bits per heavy atom. The van der Waals surface area contributed by atoms with E-state index in [9.17, 15) is 26.3 Å². The molecule has 126 valence electrons. The summed E-state index contributed by atoms with van der Waals surface area (Å²) in [5.41, 5.74) is -1.57. The minimum absolute atomic E-state index is 0.114. The second-order valence-electron chi connectivity index (χ2n) is 4.66. The van der Waals surface area contributed by atoms with Crippen LogP contribution in [0.2, 0.25) is 0 Å². The highest BCUT2D eigenvalue weighted by molar-refractivity contribution is 5.66. The molecule has 0 amide bonds. The first-order chi connectivity index (χ1) is 10.6. The molecule has 23 heavy (non-hydrogen) atoms. The van der Waals surface area contributed by atoms with E-state index >= 15 is 0 Å². The van der Waals surface area contributed by atoms with Gasteiger partial charge in [-0.25, -0.2) is 0 Å². The molecule has 0 aliphatic carbocycles. The van der Waals surface area contributed by atoms with E-state index < -0.39 is 23.5 Å². The van der Waals surface area contributed by atoms with Gasteiger partial charge in [-0.3, -0.25) is 0 Å². The van der Waals surface area contributed by atoms with E-state index in [0.29, 0.717) is 5.56 Å². The molecule has 0 spiro atoms. The molecule has 0 bridgehead atoms. The van der Waals surface area contributed by atoms with E-state index in [4.69, 9.17) is 0 Å². The standard InChI is InChI=1S/C15H10F6.C2H6/c1-9-2-4-10(5-3-9)11-6-12(14(16,17)18)8-13(7-11)15(19,20)21;1-2/h2-8H,1H3;1-2H3. The fourth-order valence-corrected chi connectivity index (χ4v) is 1.87. The van der Waals surface area contributed by atoms with E-state index in [1.165, 1.54) is 12.1 Å². The van der Waals surface area contributed by atoms with Crippen molar-refractivity contribution in [1.29, 1.82) is 0 Å². The van der Waals surface area contributed by atoms with Crippen LogP contribution in [0.25, 0.3) is 11.1 Å². The average molecular weight is 334 g/mol. The van der Waals surface area contributed by atoms with Crippen LogP contribution >= 0.6 is 0 Å². The predicted molar refractivity (Wildman–Crippen MR) is 78.0 cm³/mol. The molecule has 0 atom stereocenters. The maximum Gasteiger partial charge on any atom is 0.416 e. The largest absolute Gasteiger partial charge is 0.416 e. The first-order valence-electron chi connectivity index (χ1n) is 6.94. The van der Waals surface area contributed by atoms with Crippen LogP contribution in [-0.2, 0) is 12.4 Å². The van der Waals surface area contributed by atoms with Gasteiger partial charge in [-0.2, -0.15) is 26.3 Å². The third kappa shape index (κ3) is 5.01. The van der Waals surface area contributed by atoms with Gasteiger partial charge in [0.15, 0.2) is 0 Å². The van der Waals surface area contributed by atoms with Crippen molar-refractivity contribution < 1.29 is 26.3 Å². The third-order valence-electron chi connectivity index (χ3n) is 2.97. The Labute approximate surface area is 130 Å². The number of halogens is 6. The monoisotopic (exact) mass is 334 g/mol. The zero-order valence-corrected chi connectivity index (χ0v) is 12.8. The predicted octanol–water partition coefficient (Wildman–Crippen LogP) is 6.73. The van der Waals surface area contributed by atoms with Gasteiger partial charge >= 0.3 is 12.4 Å². The van der Waals surface area contributed by atoms with Crippen LogP contribution < -0.4 is 0 Å². The zero-order chi connectivity index (χ0) is 17.8. The summed E-state index contributed by atoms with van der Waals surface area (Å²) in [6.45, 7) is 5.77. The Balaban J connectivity index is 0.00000127. The zero-order valence-electron chi connectivity index (χ0n) is 12.8. The van der Waals surface area contributed by atoms with Gasteiger partial charge < -0.3 is 0 Å². The minimum atomic E-state index is -4.83. The molecule has 2 aromatic carbocycles. The first kappa shape index (κ1) is 19.1. The fraction of sp³-hybridized carbons (Fsp3) is 0.294. The molecule has 0 aromatic heterocycles. The molecule has 0 nitrogen and oxygen atoms in total. The van der Waals surface area contributed by atoms with E-state index in [2.05, 4.69) is 0 Å². The number of hydrogen-bond acceptors (Lipinski definition) is 0. The number of benzene rings is 2. The molecule has 0 saturated carbocycles. The minimum Gasteiger partial charge on any atom is -0.166 e. The number of alkyl halides is 6. The lowest BCUT2D eigenvalue weighted by Gasteiger charge is -2.14. The van der Waals surface area contributed by atoms with Crippen LogP contribution in [-0.4, -0.2) is 0 Å². The normalized spacial score (nSPS) is 11.7. The van der Waals surface area contributed by atoms with Gasteiger partial charge in [0.25, 0.3) is 0 Å². The Bertz CT molecular complexity index is 603. The maximum absolute atomic E-state index is 12.7. The van der Waals surface area contributed by atoms with Gasteiger partial charge in [0.2, 0.25) is 0 Å². The van der Waals surface area contributed by atoms with E-state index in [1.807, 2.05) is 13.8 Å². The number of aryl methyl sites for hydroxylation is 1. The molecule has 0 fully saturated rings. The molecule has 6 heteroatoms. The third-order valence-corrected chi connectivity index (χ3v) is 2.97. The van der Waals surface area contributed by atoms with Crippen molar-refractivity contribution in [2.45, 2.75) is 33.1 Å². The fourth-order valence-electron chi connectivity index (χ4n) is 1.87. The molecule has 0 N–H and O–H groups in total. The summed E-state index contributed by atoms with van der Waals surface area (Å²) < 4.78 is 76.5. The van der Waals surface area contributed by atoms with Crippen LogP contribution in [0.1, 0.15) is 30.5 Å². The van der Waals surface area contributed by atoms with Gasteiger partial charge in [-0.1, -0.05) is 43.7 Å². The Kier molecular flexibility index (Phi) is 5.86. The lowest BCUT2D eigenvalue weighted by Crippen LogP contribution is -2.11. The van der Waals surface area contributed by atoms with E-state index in [1.54, 1.807) is 19.1 Å². The number of rotatable bonds is 1. The summed E-state index contributed by atoms with van der Waals surface area (Å²) in [7, 11) is 0. The topological polar surface area (TPSA) is 0 Å². The highest BCUT2D eigenvalue weighted by atomic mass is 19.4. The van der Waals surface area contributed by atoms with Crippen LogP contribution in [0.3, 0.4) is 0 Å². The van der Waals surface area contributed by atoms with Crippen LogP contribution in [0.5, 0.6) is 0 Å². The van der Waals surface area contributed by atoms with Crippen molar-refractivity contribution in [2.75, 3.05) is 0 Å². The Morgan fingerprint density at radius 3 is 1.35 bits per heavy atom. The summed E-state index contributed by atoms with van der Waals surface area (Å²) in [4.78, 5) is 0. The van der Waals surface area contributed by atoms with Gasteiger partial charge in [0.05, 0.1) is 11.1 Å². The molecular weight excluding hydrogens is 318 g/mol. The van der Waals surface area contributed by atoms with Gasteiger partial charge in [0, 0.05) is 0 Å². The van der Waals surface area contributed by atoms with Crippen molar-refractivity contribution >= 4 is 0 Å². The van der Waals surface area contributed by atoms with Crippen molar-refractivity contribution in [2.24, 2.45) is 0 Å². The van der Waals surface area contributed by atoms with E-state index in [0.717, 1.165) is 17.7 Å². The number of hydrogen-bond donors (Lipinski definition) is 0. The lowest BCUT2D eigenvalue weighted by atomic mass is 9.98. The maximum atomic E-state index is 12.7. The van der Waals surface area contributed by atoms with Gasteiger partial charge in [-0.15, -0.1) is 0 Å². The summed E-state index contributed by atoms with van der Waals surface area (Å²) in [5, 5.41) is 0. The van der Waals surface area contributed by atoms with Crippen molar-refractivity contribution in [3.63, 3.8) is 0 Å². The molecule has 2 aromatic rings. The van der Waals surface area contributed by atoms with Gasteiger partial charge in [-0.05, 0) is 36.2 Å². The SMILES string of the molecule is CC.Cc1ccc(-c2cc(C(F)(F)F)cc(C(F)(F)F)c2)cc1. The molecule has 0 radical (unpaired) electrons. The highest BCUT2D eigenvalue weighted by Gasteiger charge is 2.36. The smallest absolute Gasteiger partial charge is 0.166 e.